The Morgan fingerprint density at radius 1 is 0.917 bits per heavy atom. The van der Waals surface area contributed by atoms with Gasteiger partial charge in [-0.1, -0.05) is 35.9 Å². The Bertz CT molecular complexity index is 1400. The molecule has 0 saturated carbocycles. The van der Waals surface area contributed by atoms with Crippen LogP contribution in [0.3, 0.4) is 0 Å². The lowest BCUT2D eigenvalue weighted by molar-refractivity contribution is -0.132. The van der Waals surface area contributed by atoms with Crippen molar-refractivity contribution >= 4 is 34.7 Å². The van der Waals surface area contributed by atoms with E-state index in [2.05, 4.69) is 0 Å². The van der Waals surface area contributed by atoms with Crippen molar-refractivity contribution in [3.8, 4) is 17.2 Å². The summed E-state index contributed by atoms with van der Waals surface area (Å²) in [6.45, 7) is 3.77. The van der Waals surface area contributed by atoms with E-state index in [1.807, 2.05) is 32.0 Å². The number of ether oxygens (including phenoxy) is 3. The van der Waals surface area contributed by atoms with Crippen molar-refractivity contribution in [3.63, 3.8) is 0 Å². The normalized spacial score (nSPS) is 16.8. The van der Waals surface area contributed by atoms with Crippen LogP contribution in [0.15, 0.2) is 60.2 Å². The molecule has 0 spiro atoms. The monoisotopic (exact) mass is 507 g/mol. The Balaban J connectivity index is 2.04. The molecule has 0 aromatic heterocycles. The molecule has 0 bridgehead atoms. The summed E-state index contributed by atoms with van der Waals surface area (Å²) in [7, 11) is 4.39. The highest BCUT2D eigenvalue weighted by Gasteiger charge is 2.47. The van der Waals surface area contributed by atoms with E-state index in [1.165, 1.54) is 38.4 Å². The van der Waals surface area contributed by atoms with E-state index in [4.69, 9.17) is 25.8 Å². The summed E-state index contributed by atoms with van der Waals surface area (Å²) < 4.78 is 16.1. The third kappa shape index (κ3) is 4.27. The summed E-state index contributed by atoms with van der Waals surface area (Å²) in [6.07, 6.45) is 0. The Morgan fingerprint density at radius 2 is 1.64 bits per heavy atom. The van der Waals surface area contributed by atoms with Crippen LogP contribution in [0, 0.1) is 13.8 Å². The van der Waals surface area contributed by atoms with Crippen LogP contribution < -0.4 is 19.1 Å². The van der Waals surface area contributed by atoms with Crippen LogP contribution in [0.25, 0.3) is 5.76 Å². The number of halogens is 1. The highest BCUT2D eigenvalue weighted by molar-refractivity contribution is 6.52. The smallest absolute Gasteiger partial charge is 0.300 e. The topological polar surface area (TPSA) is 85.3 Å². The second-order valence-corrected chi connectivity index (χ2v) is 8.83. The van der Waals surface area contributed by atoms with Gasteiger partial charge < -0.3 is 19.3 Å². The maximum absolute atomic E-state index is 13.5. The number of hydrogen-bond donors (Lipinski definition) is 1. The van der Waals surface area contributed by atoms with Crippen LogP contribution in [-0.2, 0) is 9.59 Å². The van der Waals surface area contributed by atoms with Gasteiger partial charge in [-0.2, -0.15) is 0 Å². The fraction of sp³-hybridized carbons (Fsp3) is 0.214. The highest BCUT2D eigenvalue weighted by atomic mass is 35.5. The maximum atomic E-state index is 13.5. The van der Waals surface area contributed by atoms with E-state index in [0.29, 0.717) is 17.0 Å². The molecule has 3 aromatic carbocycles. The molecule has 8 heteroatoms. The van der Waals surface area contributed by atoms with Crippen LogP contribution in [0.1, 0.15) is 28.3 Å². The molecule has 1 unspecified atom stereocenters. The number of carbonyl (C=O) groups is 2. The average Bonchev–Trinajstić information content (AvgIpc) is 3.14. The first-order valence-electron chi connectivity index (χ1n) is 11.2. The number of aryl methyl sites for hydroxylation is 2. The van der Waals surface area contributed by atoms with E-state index in [9.17, 15) is 14.7 Å². The van der Waals surface area contributed by atoms with Crippen LogP contribution in [0.4, 0.5) is 5.69 Å². The molecule has 0 aliphatic carbocycles. The highest BCUT2D eigenvalue weighted by Crippen LogP contribution is 2.46. The van der Waals surface area contributed by atoms with Gasteiger partial charge in [0.25, 0.3) is 11.7 Å². The van der Waals surface area contributed by atoms with Gasteiger partial charge in [0.1, 0.15) is 23.0 Å². The zero-order valence-corrected chi connectivity index (χ0v) is 21.3. The Kier molecular flexibility index (Phi) is 6.95. The number of aliphatic hydroxyl groups is 1. The van der Waals surface area contributed by atoms with E-state index in [1.54, 1.807) is 24.3 Å². The van der Waals surface area contributed by atoms with Crippen molar-refractivity contribution < 1.29 is 28.9 Å². The van der Waals surface area contributed by atoms with Gasteiger partial charge in [0, 0.05) is 11.8 Å². The molecule has 1 N–H and O–H groups in total. The third-order valence-electron chi connectivity index (χ3n) is 6.21. The first-order chi connectivity index (χ1) is 17.2. The molecule has 3 aromatic rings. The number of ketones is 1. The fourth-order valence-corrected chi connectivity index (χ4v) is 4.61. The lowest BCUT2D eigenvalue weighted by atomic mass is 9.94. The Morgan fingerprint density at radius 3 is 2.31 bits per heavy atom. The molecule has 1 saturated heterocycles. The molecule has 1 heterocycles. The first-order valence-corrected chi connectivity index (χ1v) is 11.5. The number of carbonyl (C=O) groups excluding carboxylic acids is 2. The predicted octanol–water partition coefficient (Wildman–Crippen LogP) is 5.61. The minimum absolute atomic E-state index is 0.0863. The Hall–Kier alpha value is -3.97. The zero-order valence-electron chi connectivity index (χ0n) is 20.6. The minimum Gasteiger partial charge on any atom is -0.507 e. The van der Waals surface area contributed by atoms with Crippen LogP contribution in [0.5, 0.6) is 17.2 Å². The molecule has 4 rings (SSSR count). The van der Waals surface area contributed by atoms with Gasteiger partial charge in [0.05, 0.1) is 43.5 Å². The molecule has 36 heavy (non-hydrogen) atoms. The number of aliphatic hydroxyl groups excluding tert-OH is 1. The number of rotatable bonds is 6. The first kappa shape index (κ1) is 25.1. The summed E-state index contributed by atoms with van der Waals surface area (Å²) in [4.78, 5) is 28.5. The van der Waals surface area contributed by atoms with Crippen LogP contribution in [-0.4, -0.2) is 38.1 Å². The molecular weight excluding hydrogens is 482 g/mol. The number of hydrogen-bond acceptors (Lipinski definition) is 6. The van der Waals surface area contributed by atoms with Gasteiger partial charge in [-0.15, -0.1) is 0 Å². The number of benzene rings is 3. The largest absolute Gasteiger partial charge is 0.507 e. The quantitative estimate of drug-likeness (QED) is 0.265. The fourth-order valence-electron chi connectivity index (χ4n) is 4.38. The molecule has 0 radical (unpaired) electrons. The van der Waals surface area contributed by atoms with Gasteiger partial charge in [-0.25, -0.2) is 0 Å². The van der Waals surface area contributed by atoms with Crippen molar-refractivity contribution in [2.45, 2.75) is 19.9 Å². The van der Waals surface area contributed by atoms with E-state index in [-0.39, 0.29) is 27.7 Å². The van der Waals surface area contributed by atoms with Gasteiger partial charge in [-0.05, 0) is 54.8 Å². The van der Waals surface area contributed by atoms with Gasteiger partial charge in [0.15, 0.2) is 0 Å². The van der Waals surface area contributed by atoms with Gasteiger partial charge in [0.2, 0.25) is 0 Å². The Labute approximate surface area is 214 Å². The number of nitrogens with zero attached hydrogens (tertiary/aromatic N) is 1. The van der Waals surface area contributed by atoms with Crippen molar-refractivity contribution in [1.29, 1.82) is 0 Å². The lowest BCUT2D eigenvalue weighted by Crippen LogP contribution is -2.30. The third-order valence-corrected chi connectivity index (χ3v) is 6.50. The van der Waals surface area contributed by atoms with Crippen molar-refractivity contribution in [2.75, 3.05) is 26.2 Å². The molecular formula is C28H26ClNO6. The molecule has 1 atom stereocenters. The lowest BCUT2D eigenvalue weighted by Gasteiger charge is -2.27. The maximum Gasteiger partial charge on any atom is 0.300 e. The summed E-state index contributed by atoms with van der Waals surface area (Å²) in [6, 6.07) is 14.8. The number of anilines is 1. The van der Waals surface area contributed by atoms with Crippen molar-refractivity contribution in [1.82, 2.24) is 0 Å². The molecule has 1 amide bonds. The number of amides is 1. The zero-order chi connectivity index (χ0) is 26.1. The molecule has 186 valence electrons. The molecule has 7 nitrogen and oxygen atoms in total. The van der Waals surface area contributed by atoms with E-state index >= 15 is 0 Å². The number of Topliss-reactive ketones (excluding diaryl/α,β-unsaturated/α-hetero) is 1. The van der Waals surface area contributed by atoms with Crippen molar-refractivity contribution in [3.05, 3.63) is 87.4 Å². The minimum atomic E-state index is -0.924. The molecule has 1 aliphatic rings. The number of methoxy groups -OCH3 is 3. The van der Waals surface area contributed by atoms with Crippen LogP contribution in [0.2, 0.25) is 5.02 Å². The summed E-state index contributed by atoms with van der Waals surface area (Å²) >= 11 is 6.24. The molecule has 1 aliphatic heterocycles. The second kappa shape index (κ2) is 9.95. The van der Waals surface area contributed by atoms with Crippen molar-refractivity contribution in [2.24, 2.45) is 0 Å². The van der Waals surface area contributed by atoms with Gasteiger partial charge >= 0.3 is 0 Å². The van der Waals surface area contributed by atoms with Gasteiger partial charge in [-0.3, -0.25) is 14.5 Å². The average molecular weight is 508 g/mol. The second-order valence-electron chi connectivity index (χ2n) is 8.42. The summed E-state index contributed by atoms with van der Waals surface area (Å²) in [5, 5.41) is 11.8. The van der Waals surface area contributed by atoms with Crippen LogP contribution >= 0.6 is 11.6 Å². The molecule has 1 fully saturated rings. The SMILES string of the molecule is COc1cccc(C2/C(=C(\O)c3cc(OC)c(Cl)cc3OC)C(=O)C(=O)N2c2cc(C)ccc2C)c1. The standard InChI is InChI=1S/C28H26ClNO6/c1-15-9-10-16(2)21(11-15)30-25(17-7-6-8-18(12-17)34-3)24(27(32)28(30)33)26(31)19-13-23(36-5)20(29)14-22(19)35-4/h6-14,25,31H,1-5H3/b26-24+. The van der Waals surface area contributed by atoms with E-state index in [0.717, 1.165) is 11.1 Å². The summed E-state index contributed by atoms with van der Waals surface area (Å²) in [5.41, 5.74) is 2.98. The summed E-state index contributed by atoms with van der Waals surface area (Å²) in [5.74, 6) is -0.929. The van der Waals surface area contributed by atoms with E-state index < -0.39 is 23.5 Å². The predicted molar refractivity (Wildman–Crippen MR) is 138 cm³/mol.